The van der Waals surface area contributed by atoms with Crippen LogP contribution in [0, 0.1) is 18.6 Å². The molecule has 2 aliphatic heterocycles. The molecule has 0 saturated carbocycles. The smallest absolute Gasteiger partial charge is 0.416 e. The van der Waals surface area contributed by atoms with Crippen LogP contribution in [0.3, 0.4) is 0 Å². The summed E-state index contributed by atoms with van der Waals surface area (Å²) in [4.78, 5) is 33.5. The molecule has 6 aromatic rings. The molecule has 0 unspecified atom stereocenters. The van der Waals surface area contributed by atoms with Gasteiger partial charge in [0.15, 0.2) is 34.9 Å². The van der Waals surface area contributed by atoms with Gasteiger partial charge in [-0.1, -0.05) is 30.3 Å². The molecular weight excluding hydrogens is 850 g/mol. The summed E-state index contributed by atoms with van der Waals surface area (Å²) >= 11 is 0. The number of anilines is 6. The second-order valence-electron chi connectivity index (χ2n) is 14.6. The first-order valence-corrected chi connectivity index (χ1v) is 20.6. The Morgan fingerprint density at radius 1 is 0.677 bits per heavy atom. The minimum atomic E-state index is -4.45. The van der Waals surface area contributed by atoms with Crippen LogP contribution in [0.2, 0.25) is 0 Å². The summed E-state index contributed by atoms with van der Waals surface area (Å²) in [6.45, 7) is 6.93. The van der Waals surface area contributed by atoms with Crippen molar-refractivity contribution < 1.29 is 36.2 Å². The molecule has 0 radical (unpaired) electrons. The Bertz CT molecular complexity index is 2570. The van der Waals surface area contributed by atoms with Gasteiger partial charge < -0.3 is 34.6 Å². The maximum absolute atomic E-state index is 14.2. The van der Waals surface area contributed by atoms with E-state index in [4.69, 9.17) is 14.2 Å². The number of hydrogen-bond donors (Lipinski definition) is 2. The normalized spacial score (nSPS) is 14.3. The van der Waals surface area contributed by atoms with Crippen molar-refractivity contribution in [3.63, 3.8) is 0 Å². The fourth-order valence-electron chi connectivity index (χ4n) is 6.67. The number of aryl methyl sites for hydroxylation is 1. The first-order valence-electron chi connectivity index (χ1n) is 20.6. The minimum Gasteiger partial charge on any atom is -0.480 e. The molecule has 2 aliphatic rings. The fraction of sp³-hybridized carbons (Fsp3) is 0.283. The van der Waals surface area contributed by atoms with Crippen LogP contribution in [-0.4, -0.2) is 97.1 Å². The lowest BCUT2D eigenvalue weighted by atomic mass is 10.1. The van der Waals surface area contributed by atoms with E-state index in [1.54, 1.807) is 17.0 Å². The molecule has 8 rings (SSSR count). The summed E-state index contributed by atoms with van der Waals surface area (Å²) < 4.78 is 83.1. The Morgan fingerprint density at radius 3 is 1.85 bits per heavy atom. The molecule has 0 bridgehead atoms. The number of benzene rings is 3. The lowest BCUT2D eigenvalue weighted by molar-refractivity contribution is -0.137. The highest BCUT2D eigenvalue weighted by Gasteiger charge is 2.30. The van der Waals surface area contributed by atoms with Crippen LogP contribution in [0.5, 0.6) is 5.88 Å². The maximum atomic E-state index is 14.2. The molecule has 5 heterocycles. The third-order valence-electron chi connectivity index (χ3n) is 9.97. The van der Waals surface area contributed by atoms with Crippen molar-refractivity contribution in [1.29, 1.82) is 0 Å². The number of para-hydroxylation sites is 1. The van der Waals surface area contributed by atoms with Crippen molar-refractivity contribution in [1.82, 2.24) is 24.9 Å². The Kier molecular flexibility index (Phi) is 15.5. The number of morpholine rings is 2. The standard InChI is InChI=1S/C23H22F4N6O2.C23H24FN5O/c1-34-22-19(30-16-4-2-3-15(11-16)23(25,26)27)6-5-17(31-22)12-28-14-20-29-13-18(24)21(32-20)33-7-9-35-10-8-33;1-17-13-20(27-19-5-3-2-4-6-19)8-7-18(17)14-25-16-22-26-15-21(24)23(28-22)29-9-11-30-12-10-29/h2-6,11-13,30H,7-10,14H2,1H3;2-8,13-15,27H,9-12,16H2,1H3. The summed E-state index contributed by atoms with van der Waals surface area (Å²) in [6.07, 6.45) is 1.19. The maximum Gasteiger partial charge on any atom is 0.416 e. The van der Waals surface area contributed by atoms with E-state index in [1.807, 2.05) is 60.5 Å². The van der Waals surface area contributed by atoms with E-state index < -0.39 is 23.4 Å². The first kappa shape index (κ1) is 45.9. The molecule has 0 atom stereocenters. The van der Waals surface area contributed by atoms with Gasteiger partial charge in [-0.3, -0.25) is 9.98 Å². The Balaban J connectivity index is 0.000000196. The highest BCUT2D eigenvalue weighted by atomic mass is 19.4. The Morgan fingerprint density at radius 2 is 1.26 bits per heavy atom. The van der Waals surface area contributed by atoms with Gasteiger partial charge in [0.25, 0.3) is 0 Å². The van der Waals surface area contributed by atoms with Crippen LogP contribution in [0.1, 0.15) is 34.0 Å². The van der Waals surface area contributed by atoms with Gasteiger partial charge >= 0.3 is 6.18 Å². The molecule has 2 saturated heterocycles. The van der Waals surface area contributed by atoms with Gasteiger partial charge in [0.1, 0.15) is 5.69 Å². The van der Waals surface area contributed by atoms with Crippen LogP contribution < -0.4 is 25.2 Å². The minimum absolute atomic E-state index is 0.103. The van der Waals surface area contributed by atoms with E-state index in [0.29, 0.717) is 88.0 Å². The van der Waals surface area contributed by atoms with Crippen LogP contribution in [-0.2, 0) is 28.7 Å². The molecule has 2 fully saturated rings. The Hall–Kier alpha value is -7.12. The first-order chi connectivity index (χ1) is 31.5. The van der Waals surface area contributed by atoms with Gasteiger partial charge in [0.05, 0.1) is 70.3 Å². The summed E-state index contributed by atoms with van der Waals surface area (Å²) in [5.41, 5.74) is 4.50. The third-order valence-corrected chi connectivity index (χ3v) is 9.97. The van der Waals surface area contributed by atoms with Crippen LogP contribution >= 0.6 is 0 Å². The van der Waals surface area contributed by atoms with Crippen molar-refractivity contribution in [2.24, 2.45) is 9.98 Å². The predicted molar refractivity (Wildman–Crippen MR) is 239 cm³/mol. The van der Waals surface area contributed by atoms with Crippen molar-refractivity contribution in [3.8, 4) is 5.88 Å². The zero-order valence-electron chi connectivity index (χ0n) is 35.6. The fourth-order valence-corrected chi connectivity index (χ4v) is 6.67. The molecule has 65 heavy (non-hydrogen) atoms. The number of aromatic nitrogens is 5. The molecule has 338 valence electrons. The zero-order chi connectivity index (χ0) is 45.6. The summed E-state index contributed by atoms with van der Waals surface area (Å²) in [5.74, 6) is 0.647. The van der Waals surface area contributed by atoms with Gasteiger partial charge in [-0.05, 0) is 72.6 Å². The Labute approximate surface area is 372 Å². The number of methoxy groups -OCH3 is 1. The second-order valence-corrected chi connectivity index (χ2v) is 14.6. The van der Waals surface area contributed by atoms with Crippen LogP contribution in [0.15, 0.2) is 107 Å². The number of ether oxygens (including phenoxy) is 3. The average molecular weight is 896 g/mol. The van der Waals surface area contributed by atoms with E-state index in [2.05, 4.69) is 51.6 Å². The number of pyridine rings is 1. The summed E-state index contributed by atoms with van der Waals surface area (Å²) in [6, 6.07) is 24.2. The van der Waals surface area contributed by atoms with E-state index >= 15 is 0 Å². The number of nitrogens with one attached hydrogen (secondary N) is 2. The second kappa shape index (κ2) is 22.0. The number of halogens is 5. The molecule has 3 aromatic heterocycles. The van der Waals surface area contributed by atoms with Gasteiger partial charge in [0.2, 0.25) is 5.88 Å². The van der Waals surface area contributed by atoms with Crippen LogP contribution in [0.25, 0.3) is 0 Å². The summed E-state index contributed by atoms with van der Waals surface area (Å²) in [7, 11) is 1.40. The van der Waals surface area contributed by atoms with Crippen LogP contribution in [0.4, 0.5) is 56.3 Å². The molecule has 19 heteroatoms. The van der Waals surface area contributed by atoms with Crippen molar-refractivity contribution in [2.45, 2.75) is 26.2 Å². The lowest BCUT2D eigenvalue weighted by Gasteiger charge is -2.28. The van der Waals surface area contributed by atoms with E-state index in [9.17, 15) is 22.0 Å². The summed E-state index contributed by atoms with van der Waals surface area (Å²) in [5, 5.41) is 6.27. The highest BCUT2D eigenvalue weighted by molar-refractivity contribution is 5.83. The topological polar surface area (TPSA) is 147 Å². The van der Waals surface area contributed by atoms with Gasteiger partial charge in [-0.15, -0.1) is 0 Å². The number of aliphatic imine (C=N–C) groups is 2. The largest absolute Gasteiger partial charge is 0.480 e. The highest BCUT2D eigenvalue weighted by Crippen LogP contribution is 2.33. The monoisotopic (exact) mass is 895 g/mol. The molecule has 3 aromatic carbocycles. The van der Waals surface area contributed by atoms with Crippen molar-refractivity contribution >= 4 is 46.8 Å². The van der Waals surface area contributed by atoms with Crippen molar-refractivity contribution in [3.05, 3.63) is 143 Å². The quantitative estimate of drug-likeness (QED) is 0.0849. The molecule has 0 aliphatic carbocycles. The molecule has 0 amide bonds. The zero-order valence-corrected chi connectivity index (χ0v) is 35.6. The molecule has 0 spiro atoms. The number of hydrogen-bond acceptors (Lipinski definition) is 14. The van der Waals surface area contributed by atoms with E-state index in [0.717, 1.165) is 40.8 Å². The van der Waals surface area contributed by atoms with Gasteiger partial charge in [-0.25, -0.2) is 33.7 Å². The van der Waals surface area contributed by atoms with Gasteiger partial charge in [0, 0.05) is 55.7 Å². The van der Waals surface area contributed by atoms with Crippen molar-refractivity contribution in [2.75, 3.05) is 80.1 Å². The number of nitrogens with zero attached hydrogens (tertiary/aromatic N) is 9. The van der Waals surface area contributed by atoms with E-state index in [1.165, 1.54) is 31.7 Å². The SMILES string of the molecule is COc1nc(C=NCc2ncc(F)c(N3CCOCC3)n2)ccc1Nc1cccc(C(F)(F)F)c1.Cc1cc(Nc2ccccc2)ccc1C=NCc1ncc(F)c(N2CCOCC2)n1. The van der Waals surface area contributed by atoms with Gasteiger partial charge in [-0.2, -0.15) is 13.2 Å². The molecular formula is C46H46F5N11O3. The lowest BCUT2D eigenvalue weighted by Crippen LogP contribution is -2.37. The number of rotatable bonds is 13. The predicted octanol–water partition coefficient (Wildman–Crippen LogP) is 8.36. The number of alkyl halides is 3. The van der Waals surface area contributed by atoms with E-state index in [-0.39, 0.29) is 23.9 Å². The average Bonchev–Trinajstić information content (AvgIpc) is 3.32. The third kappa shape index (κ3) is 13.0. The molecule has 2 N–H and O–H groups in total. The molecule has 14 nitrogen and oxygen atoms in total.